The smallest absolute Gasteiger partial charge is 0.418 e. The Kier molecular flexibility index (Phi) is 6.98. The van der Waals surface area contributed by atoms with Gasteiger partial charge < -0.3 is 24.3 Å². The van der Waals surface area contributed by atoms with Gasteiger partial charge in [-0.15, -0.1) is 0 Å². The lowest BCUT2D eigenvalue weighted by molar-refractivity contribution is -0.137. The zero-order valence-corrected chi connectivity index (χ0v) is 22.6. The number of pyridine rings is 1. The molecule has 10 heteroatoms. The van der Waals surface area contributed by atoms with Gasteiger partial charge in [-0.1, -0.05) is 18.2 Å². The maximum absolute atomic E-state index is 14.0. The van der Waals surface area contributed by atoms with Crippen LogP contribution in [0.15, 0.2) is 72.9 Å². The summed E-state index contributed by atoms with van der Waals surface area (Å²) < 4.78 is 54.8. The van der Waals surface area contributed by atoms with Crippen LogP contribution in [0, 0.1) is 13.8 Å². The predicted molar refractivity (Wildman–Crippen MR) is 148 cm³/mol. The maximum atomic E-state index is 14.0. The van der Waals surface area contributed by atoms with Crippen molar-refractivity contribution >= 4 is 23.0 Å². The van der Waals surface area contributed by atoms with E-state index in [1.54, 1.807) is 50.1 Å². The number of thiocarbonyl (C=S) groups is 1. The van der Waals surface area contributed by atoms with Gasteiger partial charge in [0.2, 0.25) is 0 Å². The first kappa shape index (κ1) is 26.6. The van der Waals surface area contributed by atoms with Crippen molar-refractivity contribution in [3.8, 4) is 17.2 Å². The maximum Gasteiger partial charge on any atom is 0.418 e. The Morgan fingerprint density at radius 3 is 2.33 bits per heavy atom. The molecule has 1 fully saturated rings. The molecular weight excluding hydrogens is 525 g/mol. The highest BCUT2D eigenvalue weighted by Gasteiger charge is 2.44. The van der Waals surface area contributed by atoms with Crippen molar-refractivity contribution in [2.75, 3.05) is 19.1 Å². The monoisotopic (exact) mass is 552 g/mol. The minimum absolute atomic E-state index is 0.0691. The van der Waals surface area contributed by atoms with Crippen molar-refractivity contribution in [2.24, 2.45) is 0 Å². The number of para-hydroxylation sites is 1. The highest BCUT2D eigenvalue weighted by atomic mass is 32.1. The van der Waals surface area contributed by atoms with Crippen LogP contribution in [-0.2, 0) is 6.18 Å². The van der Waals surface area contributed by atoms with Gasteiger partial charge in [-0.2, -0.15) is 13.2 Å². The van der Waals surface area contributed by atoms with E-state index in [4.69, 9.17) is 21.7 Å². The van der Waals surface area contributed by atoms with Gasteiger partial charge >= 0.3 is 6.18 Å². The standard InChI is InChI=1S/C29H27F3N4O2S/c1-17-15-20(18(2)35(17)23-11-6-5-9-21(23)29(30,31)32)27-26(22-10-7-8-14-33-22)34-28(39)36(27)24-16-19(37-3)12-13-25(24)38-4/h5-16,26-27H,1-4H3,(H,34,39)/t26-,27-/m0/s1. The van der Waals surface area contributed by atoms with Crippen molar-refractivity contribution in [3.63, 3.8) is 0 Å². The molecule has 1 N–H and O–H groups in total. The van der Waals surface area contributed by atoms with E-state index < -0.39 is 17.8 Å². The second kappa shape index (κ2) is 10.3. The van der Waals surface area contributed by atoms with Crippen LogP contribution in [0.5, 0.6) is 11.5 Å². The number of methoxy groups -OCH3 is 2. The van der Waals surface area contributed by atoms with Crippen LogP contribution in [0.2, 0.25) is 0 Å². The Hall–Kier alpha value is -4.05. The van der Waals surface area contributed by atoms with Gasteiger partial charge in [0.25, 0.3) is 0 Å². The molecule has 39 heavy (non-hydrogen) atoms. The normalized spacial score (nSPS) is 17.3. The van der Waals surface area contributed by atoms with Crippen LogP contribution < -0.4 is 19.7 Å². The summed E-state index contributed by atoms with van der Waals surface area (Å²) in [5, 5.41) is 3.83. The molecule has 1 aliphatic heterocycles. The summed E-state index contributed by atoms with van der Waals surface area (Å²) in [7, 11) is 3.15. The summed E-state index contributed by atoms with van der Waals surface area (Å²) in [5.74, 6) is 1.18. The highest BCUT2D eigenvalue weighted by Crippen LogP contribution is 2.47. The first-order chi connectivity index (χ1) is 18.7. The Labute approximate surface area is 230 Å². The Morgan fingerprint density at radius 2 is 1.67 bits per heavy atom. The number of ether oxygens (including phenoxy) is 2. The van der Waals surface area contributed by atoms with Gasteiger partial charge in [0.1, 0.15) is 11.5 Å². The molecule has 0 saturated carbocycles. The van der Waals surface area contributed by atoms with Crippen molar-refractivity contribution in [2.45, 2.75) is 32.1 Å². The third-order valence-corrected chi connectivity index (χ3v) is 7.30. The minimum atomic E-state index is -4.51. The van der Waals surface area contributed by atoms with Crippen LogP contribution in [0.3, 0.4) is 0 Å². The predicted octanol–water partition coefficient (Wildman–Crippen LogP) is 6.70. The third-order valence-electron chi connectivity index (χ3n) is 6.98. The second-order valence-corrected chi connectivity index (χ2v) is 9.60. The van der Waals surface area contributed by atoms with Crippen molar-refractivity contribution in [3.05, 3.63) is 101 Å². The van der Waals surface area contributed by atoms with E-state index >= 15 is 0 Å². The molecule has 0 spiro atoms. The molecule has 2 atom stereocenters. The van der Waals surface area contributed by atoms with Crippen LogP contribution in [-0.4, -0.2) is 28.9 Å². The Bertz CT molecular complexity index is 1520. The van der Waals surface area contributed by atoms with Crippen LogP contribution in [0.1, 0.15) is 40.3 Å². The zero-order chi connectivity index (χ0) is 27.9. The summed E-state index contributed by atoms with van der Waals surface area (Å²) >= 11 is 5.84. The Morgan fingerprint density at radius 1 is 0.923 bits per heavy atom. The quantitative estimate of drug-likeness (QED) is 0.269. The number of benzene rings is 2. The molecule has 4 aromatic rings. The van der Waals surface area contributed by atoms with E-state index in [0.717, 1.165) is 17.3 Å². The first-order valence-corrected chi connectivity index (χ1v) is 12.6. The largest absolute Gasteiger partial charge is 0.497 e. The second-order valence-electron chi connectivity index (χ2n) is 9.21. The summed E-state index contributed by atoms with van der Waals surface area (Å²) in [6.45, 7) is 3.63. The van der Waals surface area contributed by atoms with E-state index in [2.05, 4.69) is 10.3 Å². The average molecular weight is 553 g/mol. The summed E-state index contributed by atoms with van der Waals surface area (Å²) in [5.41, 5.74) is 2.90. The van der Waals surface area contributed by atoms with Gasteiger partial charge in [-0.25, -0.2) is 0 Å². The molecule has 0 bridgehead atoms. The van der Waals surface area contributed by atoms with E-state index in [0.29, 0.717) is 33.7 Å². The van der Waals surface area contributed by atoms with E-state index in [-0.39, 0.29) is 11.7 Å². The number of hydrogen-bond acceptors (Lipinski definition) is 4. The lowest BCUT2D eigenvalue weighted by Crippen LogP contribution is -2.30. The molecule has 3 heterocycles. The first-order valence-electron chi connectivity index (χ1n) is 12.2. The molecule has 1 aliphatic rings. The van der Waals surface area contributed by atoms with Gasteiger partial charge in [-0.05, 0) is 74.1 Å². The molecule has 0 radical (unpaired) electrons. The van der Waals surface area contributed by atoms with Crippen molar-refractivity contribution in [1.29, 1.82) is 0 Å². The number of nitrogens with one attached hydrogen (secondary N) is 1. The van der Waals surface area contributed by atoms with Crippen molar-refractivity contribution in [1.82, 2.24) is 14.9 Å². The highest BCUT2D eigenvalue weighted by molar-refractivity contribution is 7.80. The molecule has 5 rings (SSSR count). The number of anilines is 1. The number of rotatable bonds is 6. The van der Waals surface area contributed by atoms with Gasteiger partial charge in [0, 0.05) is 23.7 Å². The fourth-order valence-electron chi connectivity index (χ4n) is 5.28. The third kappa shape index (κ3) is 4.69. The summed E-state index contributed by atoms with van der Waals surface area (Å²) in [4.78, 5) is 6.51. The lowest BCUT2D eigenvalue weighted by atomic mass is 9.96. The molecule has 202 valence electrons. The number of nitrogens with zero attached hydrogens (tertiary/aromatic N) is 3. The SMILES string of the molecule is COc1ccc(OC)c(N2C(=S)N[C@@H](c3ccccn3)[C@@H]2c2cc(C)n(-c3ccccc3C(F)(F)F)c2C)c1. The van der Waals surface area contributed by atoms with Gasteiger partial charge in [0.15, 0.2) is 5.11 Å². The molecule has 2 aromatic heterocycles. The summed E-state index contributed by atoms with van der Waals surface area (Å²) in [6.07, 6.45) is -2.80. The fourth-order valence-corrected chi connectivity index (χ4v) is 5.62. The average Bonchev–Trinajstić information content (AvgIpc) is 3.42. The van der Waals surface area contributed by atoms with E-state index in [1.807, 2.05) is 42.2 Å². The topological polar surface area (TPSA) is 51.6 Å². The summed E-state index contributed by atoms with van der Waals surface area (Å²) in [6, 6.07) is 17.7. The van der Waals surface area contributed by atoms with Crippen LogP contribution in [0.25, 0.3) is 5.69 Å². The minimum Gasteiger partial charge on any atom is -0.497 e. The molecule has 0 amide bonds. The fraction of sp³-hybridized carbons (Fsp3) is 0.241. The number of alkyl halides is 3. The van der Waals surface area contributed by atoms with E-state index in [1.165, 1.54) is 12.1 Å². The molecular formula is C29H27F3N4O2S. The molecule has 2 aromatic carbocycles. The molecule has 0 unspecified atom stereocenters. The van der Waals surface area contributed by atoms with Crippen LogP contribution >= 0.6 is 12.2 Å². The molecule has 1 saturated heterocycles. The number of aromatic nitrogens is 2. The molecule has 6 nitrogen and oxygen atoms in total. The van der Waals surface area contributed by atoms with Crippen molar-refractivity contribution < 1.29 is 22.6 Å². The number of halogens is 3. The molecule has 0 aliphatic carbocycles. The van der Waals surface area contributed by atoms with Gasteiger partial charge in [0.05, 0.1) is 48.9 Å². The van der Waals surface area contributed by atoms with Gasteiger partial charge in [-0.3, -0.25) is 4.98 Å². The zero-order valence-electron chi connectivity index (χ0n) is 21.8. The number of hydrogen-bond donors (Lipinski definition) is 1. The van der Waals surface area contributed by atoms with Crippen LogP contribution in [0.4, 0.5) is 18.9 Å². The van der Waals surface area contributed by atoms with E-state index in [9.17, 15) is 13.2 Å². The Balaban J connectivity index is 1.74. The number of aryl methyl sites for hydroxylation is 1. The lowest BCUT2D eigenvalue weighted by Gasteiger charge is -2.29.